The molecule has 0 aliphatic heterocycles. The van der Waals surface area contributed by atoms with Crippen LogP contribution in [-0.2, 0) is 6.54 Å². The van der Waals surface area contributed by atoms with Gasteiger partial charge in [0.2, 0.25) is 0 Å². The number of hydrogen-bond acceptors (Lipinski definition) is 3. The Labute approximate surface area is 136 Å². The molecule has 5 heteroatoms. The van der Waals surface area contributed by atoms with Crippen molar-refractivity contribution in [1.29, 1.82) is 10.5 Å². The highest BCUT2D eigenvalue weighted by molar-refractivity contribution is 14.1. The lowest BCUT2D eigenvalue weighted by Crippen LogP contribution is -2.26. The van der Waals surface area contributed by atoms with Gasteiger partial charge in [-0.05, 0) is 58.5 Å². The molecule has 0 saturated carbocycles. The van der Waals surface area contributed by atoms with Crippen molar-refractivity contribution in [2.45, 2.75) is 6.54 Å². The number of nitriles is 2. The first-order valence-electron chi connectivity index (χ1n) is 6.11. The van der Waals surface area contributed by atoms with Crippen molar-refractivity contribution in [2.75, 3.05) is 0 Å². The molecule has 2 aromatic rings. The lowest BCUT2D eigenvalue weighted by molar-refractivity contribution is 0.0824. The molecule has 0 heterocycles. The fourth-order valence-corrected chi connectivity index (χ4v) is 2.35. The Morgan fingerprint density at radius 2 is 1.76 bits per heavy atom. The largest absolute Gasteiger partial charge is 0.268 e. The van der Waals surface area contributed by atoms with Crippen LogP contribution in [0.5, 0.6) is 0 Å². The highest BCUT2D eigenvalue weighted by atomic mass is 127. The molecule has 0 bridgehead atoms. The van der Waals surface area contributed by atoms with E-state index in [0.29, 0.717) is 11.1 Å². The van der Waals surface area contributed by atoms with Crippen LogP contribution in [0.1, 0.15) is 21.5 Å². The van der Waals surface area contributed by atoms with Crippen LogP contribution in [0.15, 0.2) is 48.5 Å². The molecule has 0 aliphatic rings. The topological polar surface area (TPSA) is 67.9 Å². The van der Waals surface area contributed by atoms with Crippen LogP contribution in [0.3, 0.4) is 0 Å². The predicted octanol–water partition coefficient (Wildman–Crippen LogP) is 3.29. The summed E-state index contributed by atoms with van der Waals surface area (Å²) in [7, 11) is 0. The van der Waals surface area contributed by atoms with E-state index in [1.165, 1.54) is 0 Å². The van der Waals surface area contributed by atoms with Gasteiger partial charge in [0, 0.05) is 9.13 Å². The molecule has 0 radical (unpaired) electrons. The van der Waals surface area contributed by atoms with Crippen LogP contribution >= 0.6 is 22.6 Å². The first-order chi connectivity index (χ1) is 10.2. The maximum atomic E-state index is 12.3. The second-order valence-electron chi connectivity index (χ2n) is 4.27. The maximum Gasteiger partial charge on any atom is 0.267 e. The molecule has 0 aromatic heterocycles. The second-order valence-corrected chi connectivity index (χ2v) is 5.43. The van der Waals surface area contributed by atoms with E-state index in [4.69, 9.17) is 5.26 Å². The minimum absolute atomic E-state index is 0.231. The third-order valence-corrected chi connectivity index (χ3v) is 3.97. The Balaban J connectivity index is 2.21. The van der Waals surface area contributed by atoms with Crippen molar-refractivity contribution in [3.63, 3.8) is 0 Å². The molecule has 0 saturated heterocycles. The highest BCUT2D eigenvalue weighted by Crippen LogP contribution is 2.15. The van der Waals surface area contributed by atoms with E-state index >= 15 is 0 Å². The normalized spacial score (nSPS) is 9.48. The van der Waals surface area contributed by atoms with Crippen molar-refractivity contribution < 1.29 is 4.79 Å². The van der Waals surface area contributed by atoms with Gasteiger partial charge in [-0.1, -0.05) is 18.2 Å². The van der Waals surface area contributed by atoms with Crippen LogP contribution < -0.4 is 0 Å². The molecule has 1 amide bonds. The minimum atomic E-state index is -0.373. The van der Waals surface area contributed by atoms with Gasteiger partial charge in [-0.25, -0.2) is 4.90 Å². The van der Waals surface area contributed by atoms with Gasteiger partial charge in [0.15, 0.2) is 6.19 Å². The summed E-state index contributed by atoms with van der Waals surface area (Å²) in [5, 5.41) is 18.0. The van der Waals surface area contributed by atoms with Gasteiger partial charge in [0.05, 0.1) is 18.2 Å². The van der Waals surface area contributed by atoms with Crippen LogP contribution in [-0.4, -0.2) is 10.8 Å². The average Bonchev–Trinajstić information content (AvgIpc) is 2.53. The van der Waals surface area contributed by atoms with Gasteiger partial charge in [0.1, 0.15) is 0 Å². The van der Waals surface area contributed by atoms with Crippen LogP contribution in [0.2, 0.25) is 0 Å². The van der Waals surface area contributed by atoms with Crippen molar-refractivity contribution >= 4 is 28.5 Å². The number of halogens is 1. The van der Waals surface area contributed by atoms with Gasteiger partial charge in [-0.2, -0.15) is 10.5 Å². The molecule has 0 aliphatic carbocycles. The van der Waals surface area contributed by atoms with Crippen molar-refractivity contribution in [3.05, 3.63) is 68.8 Å². The molecule has 0 fully saturated rings. The number of nitrogens with zero attached hydrogens (tertiary/aromatic N) is 3. The molecule has 0 atom stereocenters. The van der Waals surface area contributed by atoms with Gasteiger partial charge in [-0.15, -0.1) is 0 Å². The van der Waals surface area contributed by atoms with E-state index in [2.05, 4.69) is 22.6 Å². The van der Waals surface area contributed by atoms with Crippen molar-refractivity contribution in [3.8, 4) is 12.3 Å². The molecule has 0 spiro atoms. The molecule has 2 aromatic carbocycles. The van der Waals surface area contributed by atoms with Crippen molar-refractivity contribution in [2.24, 2.45) is 0 Å². The Hall–Kier alpha value is -2.38. The van der Waals surface area contributed by atoms with Gasteiger partial charge < -0.3 is 0 Å². The van der Waals surface area contributed by atoms with Crippen LogP contribution in [0.25, 0.3) is 0 Å². The second kappa shape index (κ2) is 6.87. The number of carbonyl (C=O) groups is 1. The molecule has 102 valence electrons. The van der Waals surface area contributed by atoms with E-state index in [-0.39, 0.29) is 12.5 Å². The molecule has 2 rings (SSSR count). The summed E-state index contributed by atoms with van der Waals surface area (Å²) < 4.78 is 1.00. The highest BCUT2D eigenvalue weighted by Gasteiger charge is 2.16. The first-order valence-corrected chi connectivity index (χ1v) is 7.18. The quantitative estimate of drug-likeness (QED) is 0.461. The monoisotopic (exact) mass is 387 g/mol. The Kier molecular flexibility index (Phi) is 4.91. The smallest absolute Gasteiger partial charge is 0.267 e. The third-order valence-electron chi connectivity index (χ3n) is 2.91. The molecule has 0 unspecified atom stereocenters. The van der Waals surface area contributed by atoms with E-state index < -0.39 is 0 Å². The summed E-state index contributed by atoms with van der Waals surface area (Å²) in [6.45, 7) is 0.231. The Morgan fingerprint density at radius 3 is 2.33 bits per heavy atom. The zero-order valence-electron chi connectivity index (χ0n) is 11.0. The summed E-state index contributed by atoms with van der Waals surface area (Å²) >= 11 is 2.17. The SMILES string of the molecule is N#Cc1ccc(C(=O)N(C#N)Cc2ccccc2I)cc1. The van der Waals surface area contributed by atoms with E-state index in [9.17, 15) is 10.1 Å². The summed E-state index contributed by atoms with van der Waals surface area (Å²) in [5.74, 6) is -0.373. The van der Waals surface area contributed by atoms with Gasteiger partial charge >= 0.3 is 0 Å². The van der Waals surface area contributed by atoms with E-state index in [0.717, 1.165) is 14.0 Å². The lowest BCUT2D eigenvalue weighted by atomic mass is 10.1. The number of benzene rings is 2. The zero-order chi connectivity index (χ0) is 15.2. The van der Waals surface area contributed by atoms with Crippen LogP contribution in [0, 0.1) is 26.4 Å². The first kappa shape index (κ1) is 15.0. The Bertz CT molecular complexity index is 741. The molecular weight excluding hydrogens is 377 g/mol. The number of carbonyl (C=O) groups excluding carboxylic acids is 1. The molecule has 4 nitrogen and oxygen atoms in total. The van der Waals surface area contributed by atoms with Crippen LogP contribution in [0.4, 0.5) is 0 Å². The Morgan fingerprint density at radius 1 is 1.10 bits per heavy atom. The minimum Gasteiger partial charge on any atom is -0.268 e. The summed E-state index contributed by atoms with van der Waals surface area (Å²) in [4.78, 5) is 13.4. The predicted molar refractivity (Wildman–Crippen MR) is 85.8 cm³/mol. The summed E-state index contributed by atoms with van der Waals surface area (Å²) in [6.07, 6.45) is 1.92. The fourth-order valence-electron chi connectivity index (χ4n) is 1.79. The third kappa shape index (κ3) is 3.59. The summed E-state index contributed by atoms with van der Waals surface area (Å²) in [6, 6.07) is 15.8. The van der Waals surface area contributed by atoms with Crippen molar-refractivity contribution in [1.82, 2.24) is 4.90 Å². The fraction of sp³-hybridized carbons (Fsp3) is 0.0625. The van der Waals surface area contributed by atoms with Gasteiger partial charge in [0.25, 0.3) is 5.91 Å². The number of hydrogen-bond donors (Lipinski definition) is 0. The maximum absolute atomic E-state index is 12.3. The molecular formula is C16H10IN3O. The van der Waals surface area contributed by atoms with E-state index in [1.807, 2.05) is 36.5 Å². The number of amides is 1. The average molecular weight is 387 g/mol. The van der Waals surface area contributed by atoms with E-state index in [1.54, 1.807) is 24.3 Å². The number of rotatable bonds is 3. The van der Waals surface area contributed by atoms with Gasteiger partial charge in [-0.3, -0.25) is 4.79 Å². The molecule has 0 N–H and O–H groups in total. The zero-order valence-corrected chi connectivity index (χ0v) is 13.1. The standard InChI is InChI=1S/C16H10IN3O/c17-15-4-2-1-3-14(15)10-20(11-19)16(21)13-7-5-12(9-18)6-8-13/h1-8H,10H2. The molecule has 21 heavy (non-hydrogen) atoms. The summed E-state index contributed by atoms with van der Waals surface area (Å²) in [5.41, 5.74) is 1.79. The lowest BCUT2D eigenvalue weighted by Gasteiger charge is -2.15.